The predicted octanol–water partition coefficient (Wildman–Crippen LogP) is 6.18. The molecule has 2 heterocycles. The van der Waals surface area contributed by atoms with Gasteiger partial charge in [-0.15, -0.1) is 0 Å². The summed E-state index contributed by atoms with van der Waals surface area (Å²) in [5.74, 6) is 0. The van der Waals surface area contributed by atoms with Gasteiger partial charge in [-0.25, -0.2) is 0 Å². The molecule has 0 atom stereocenters. The monoisotopic (exact) mass is 313 g/mol. The molecule has 0 bridgehead atoms. The molecular weight excluding hydrogens is 294 g/mol. The average molecular weight is 313 g/mol. The minimum Gasteiger partial charge on any atom is -0.456 e. The summed E-state index contributed by atoms with van der Waals surface area (Å²) in [5.41, 5.74) is 5.89. The molecule has 0 spiro atoms. The van der Waals surface area contributed by atoms with E-state index >= 15 is 0 Å². The number of hydrogen-bond acceptors (Lipinski definition) is 1. The van der Waals surface area contributed by atoms with E-state index in [-0.39, 0.29) is 0 Å². The van der Waals surface area contributed by atoms with Crippen LogP contribution in [0.2, 0.25) is 0 Å². The summed E-state index contributed by atoms with van der Waals surface area (Å²) < 4.78 is 8.39. The van der Waals surface area contributed by atoms with E-state index in [1.807, 2.05) is 12.1 Å². The van der Waals surface area contributed by atoms with Crippen LogP contribution in [0.3, 0.4) is 0 Å². The van der Waals surface area contributed by atoms with Gasteiger partial charge in [0, 0.05) is 28.7 Å². The van der Waals surface area contributed by atoms with Crippen molar-refractivity contribution >= 4 is 43.7 Å². The summed E-state index contributed by atoms with van der Waals surface area (Å²) in [5, 5.41) is 5.03. The van der Waals surface area contributed by atoms with E-state index in [4.69, 9.17) is 4.42 Å². The quantitative estimate of drug-likeness (QED) is 0.380. The highest BCUT2D eigenvalue weighted by molar-refractivity contribution is 6.23. The van der Waals surface area contributed by atoms with Gasteiger partial charge in [0.15, 0.2) is 0 Å². The zero-order valence-corrected chi connectivity index (χ0v) is 14.0. The van der Waals surface area contributed by atoms with Crippen LogP contribution in [0.25, 0.3) is 43.7 Å². The molecule has 3 aromatic carbocycles. The fourth-order valence-electron chi connectivity index (χ4n) is 4.01. The van der Waals surface area contributed by atoms with E-state index in [2.05, 4.69) is 61.0 Å². The Labute approximate surface area is 140 Å². The maximum Gasteiger partial charge on any atom is 0.137 e. The van der Waals surface area contributed by atoms with Gasteiger partial charge in [-0.05, 0) is 36.2 Å². The molecule has 0 aliphatic carbocycles. The van der Waals surface area contributed by atoms with Gasteiger partial charge in [-0.1, -0.05) is 43.7 Å². The number of para-hydroxylation sites is 1. The second-order valence-electron chi connectivity index (χ2n) is 6.59. The smallest absolute Gasteiger partial charge is 0.137 e. The lowest BCUT2D eigenvalue weighted by molar-refractivity contribution is 0.669. The van der Waals surface area contributed by atoms with Gasteiger partial charge in [0.2, 0.25) is 0 Å². The molecule has 5 rings (SSSR count). The van der Waals surface area contributed by atoms with Gasteiger partial charge in [-0.3, -0.25) is 0 Å². The highest BCUT2D eigenvalue weighted by Crippen LogP contribution is 2.38. The van der Waals surface area contributed by atoms with Gasteiger partial charge in [-0.2, -0.15) is 0 Å². The van der Waals surface area contributed by atoms with E-state index in [1.165, 1.54) is 44.6 Å². The fraction of sp³-hybridized carbons (Fsp3) is 0.182. The molecule has 0 unspecified atom stereocenters. The SMILES string of the molecule is CCCc1ccc2c3ccc4oc5ccccc5c4c3n(C)c2c1. The first-order valence-corrected chi connectivity index (χ1v) is 8.59. The molecule has 118 valence electrons. The molecule has 0 aliphatic heterocycles. The van der Waals surface area contributed by atoms with Crippen LogP contribution in [0.1, 0.15) is 18.9 Å². The van der Waals surface area contributed by atoms with Crippen molar-refractivity contribution in [1.29, 1.82) is 0 Å². The topological polar surface area (TPSA) is 18.1 Å². The lowest BCUT2D eigenvalue weighted by Gasteiger charge is -2.02. The predicted molar refractivity (Wildman–Crippen MR) is 102 cm³/mol. The molecule has 0 aliphatic rings. The second-order valence-corrected chi connectivity index (χ2v) is 6.59. The molecule has 0 radical (unpaired) electrons. The van der Waals surface area contributed by atoms with Crippen molar-refractivity contribution in [3.8, 4) is 0 Å². The van der Waals surface area contributed by atoms with Crippen molar-refractivity contribution in [3.63, 3.8) is 0 Å². The summed E-state index contributed by atoms with van der Waals surface area (Å²) in [6.07, 6.45) is 2.30. The molecule has 2 heteroatoms. The van der Waals surface area contributed by atoms with Crippen LogP contribution in [-0.4, -0.2) is 4.57 Å². The normalized spacial score (nSPS) is 12.1. The molecular formula is C22H19NO. The van der Waals surface area contributed by atoms with Crippen molar-refractivity contribution in [2.45, 2.75) is 19.8 Å². The Bertz CT molecular complexity index is 1220. The Kier molecular flexibility index (Phi) is 2.78. The molecule has 0 saturated heterocycles. The van der Waals surface area contributed by atoms with Gasteiger partial charge >= 0.3 is 0 Å². The number of fused-ring (bicyclic) bond motifs is 7. The molecule has 0 N–H and O–H groups in total. The van der Waals surface area contributed by atoms with Gasteiger partial charge in [0.1, 0.15) is 11.2 Å². The highest BCUT2D eigenvalue weighted by Gasteiger charge is 2.16. The van der Waals surface area contributed by atoms with Crippen molar-refractivity contribution in [2.24, 2.45) is 7.05 Å². The third-order valence-electron chi connectivity index (χ3n) is 5.10. The van der Waals surface area contributed by atoms with Gasteiger partial charge < -0.3 is 8.98 Å². The Morgan fingerprint density at radius 1 is 0.875 bits per heavy atom. The number of aromatic nitrogens is 1. The molecule has 2 aromatic heterocycles. The largest absolute Gasteiger partial charge is 0.456 e. The number of rotatable bonds is 2. The summed E-state index contributed by atoms with van der Waals surface area (Å²) in [6, 6.07) is 19.5. The number of benzene rings is 3. The van der Waals surface area contributed by atoms with E-state index in [9.17, 15) is 0 Å². The lowest BCUT2D eigenvalue weighted by Crippen LogP contribution is -1.89. The first kappa shape index (κ1) is 13.7. The van der Waals surface area contributed by atoms with Crippen LogP contribution in [0, 0.1) is 0 Å². The maximum absolute atomic E-state index is 6.06. The van der Waals surface area contributed by atoms with E-state index in [0.717, 1.165) is 17.6 Å². The zero-order chi connectivity index (χ0) is 16.3. The Morgan fingerprint density at radius 3 is 2.58 bits per heavy atom. The number of nitrogens with zero attached hydrogens (tertiary/aromatic N) is 1. The first-order chi connectivity index (χ1) is 11.8. The van der Waals surface area contributed by atoms with Crippen LogP contribution in [0.15, 0.2) is 59.0 Å². The number of aryl methyl sites for hydroxylation is 2. The Morgan fingerprint density at radius 2 is 1.71 bits per heavy atom. The van der Waals surface area contributed by atoms with Gasteiger partial charge in [0.05, 0.1) is 10.9 Å². The molecule has 5 aromatic rings. The highest BCUT2D eigenvalue weighted by atomic mass is 16.3. The minimum absolute atomic E-state index is 0.955. The van der Waals surface area contributed by atoms with Crippen LogP contribution < -0.4 is 0 Å². The van der Waals surface area contributed by atoms with Gasteiger partial charge in [0.25, 0.3) is 0 Å². The lowest BCUT2D eigenvalue weighted by atomic mass is 10.1. The summed E-state index contributed by atoms with van der Waals surface area (Å²) in [7, 11) is 2.17. The average Bonchev–Trinajstić information content (AvgIpc) is 3.11. The fourth-order valence-corrected chi connectivity index (χ4v) is 4.01. The van der Waals surface area contributed by atoms with Crippen molar-refractivity contribution in [1.82, 2.24) is 4.57 Å². The molecule has 0 fully saturated rings. The Hall–Kier alpha value is -2.74. The van der Waals surface area contributed by atoms with E-state index < -0.39 is 0 Å². The number of hydrogen-bond donors (Lipinski definition) is 0. The Balaban J connectivity index is 1.99. The number of furan rings is 1. The third kappa shape index (κ3) is 1.71. The van der Waals surface area contributed by atoms with Crippen LogP contribution in [0.5, 0.6) is 0 Å². The van der Waals surface area contributed by atoms with E-state index in [1.54, 1.807) is 0 Å². The van der Waals surface area contributed by atoms with Crippen molar-refractivity contribution in [3.05, 3.63) is 60.2 Å². The molecule has 0 amide bonds. The first-order valence-electron chi connectivity index (χ1n) is 8.59. The second kappa shape index (κ2) is 4.88. The zero-order valence-electron chi connectivity index (χ0n) is 14.0. The van der Waals surface area contributed by atoms with Crippen molar-refractivity contribution in [2.75, 3.05) is 0 Å². The minimum atomic E-state index is 0.955. The van der Waals surface area contributed by atoms with E-state index in [0.29, 0.717) is 0 Å². The molecule has 0 saturated carbocycles. The maximum atomic E-state index is 6.06. The summed E-state index contributed by atoms with van der Waals surface area (Å²) in [6.45, 7) is 2.23. The molecule has 24 heavy (non-hydrogen) atoms. The van der Waals surface area contributed by atoms with Crippen LogP contribution in [0.4, 0.5) is 0 Å². The third-order valence-corrected chi connectivity index (χ3v) is 5.10. The van der Waals surface area contributed by atoms with Crippen LogP contribution >= 0.6 is 0 Å². The summed E-state index contributed by atoms with van der Waals surface area (Å²) in [4.78, 5) is 0. The van der Waals surface area contributed by atoms with Crippen LogP contribution in [-0.2, 0) is 13.5 Å². The summed E-state index contributed by atoms with van der Waals surface area (Å²) >= 11 is 0. The standard InChI is InChI=1S/C22H19NO/c1-3-6-14-9-10-15-16-11-12-20-21(22(16)23(2)18(15)13-14)17-7-4-5-8-19(17)24-20/h4-5,7-13H,3,6H2,1-2H3. The van der Waals surface area contributed by atoms with Crippen molar-refractivity contribution < 1.29 is 4.42 Å². The molecule has 2 nitrogen and oxygen atoms in total.